The van der Waals surface area contributed by atoms with Crippen molar-refractivity contribution in [3.05, 3.63) is 116 Å². The lowest BCUT2D eigenvalue weighted by Crippen LogP contribution is -2.24. The smallest absolute Gasteiger partial charge is 0.336 e. The van der Waals surface area contributed by atoms with E-state index in [4.69, 9.17) is 9.40 Å². The van der Waals surface area contributed by atoms with E-state index in [1.165, 1.54) is 17.8 Å². The van der Waals surface area contributed by atoms with Crippen molar-refractivity contribution in [2.75, 3.05) is 0 Å². The van der Waals surface area contributed by atoms with Gasteiger partial charge in [-0.25, -0.2) is 9.78 Å². The van der Waals surface area contributed by atoms with Crippen LogP contribution < -0.4 is 11.2 Å². The molecule has 0 spiro atoms. The number of rotatable bonds is 5. The van der Waals surface area contributed by atoms with Gasteiger partial charge in [0.2, 0.25) is 0 Å². The third-order valence-electron chi connectivity index (χ3n) is 5.88. The zero-order valence-electron chi connectivity index (χ0n) is 18.4. The molecule has 0 amide bonds. The van der Waals surface area contributed by atoms with E-state index >= 15 is 0 Å². The van der Waals surface area contributed by atoms with Gasteiger partial charge in [-0.1, -0.05) is 66.4 Å². The van der Waals surface area contributed by atoms with Crippen LogP contribution in [0.4, 0.5) is 0 Å². The molecular formula is C27H22N2O3S. The Labute approximate surface area is 194 Å². The SMILES string of the molecule is Cc1ccc2c(CSc3nc4ccccc4c(=O)n3Cc3ccccc3)cc(=O)oc2c1C. The van der Waals surface area contributed by atoms with E-state index in [0.717, 1.165) is 27.6 Å². The number of benzene rings is 3. The van der Waals surface area contributed by atoms with Crippen LogP contribution in [0.3, 0.4) is 0 Å². The first-order chi connectivity index (χ1) is 16.0. The summed E-state index contributed by atoms with van der Waals surface area (Å²) in [4.78, 5) is 30.4. The van der Waals surface area contributed by atoms with Gasteiger partial charge >= 0.3 is 5.63 Å². The molecule has 33 heavy (non-hydrogen) atoms. The van der Waals surface area contributed by atoms with E-state index in [-0.39, 0.29) is 11.2 Å². The van der Waals surface area contributed by atoms with Gasteiger partial charge in [0.1, 0.15) is 5.58 Å². The van der Waals surface area contributed by atoms with Crippen molar-refractivity contribution < 1.29 is 4.42 Å². The summed E-state index contributed by atoms with van der Waals surface area (Å²) in [6.45, 7) is 4.38. The topological polar surface area (TPSA) is 65.1 Å². The van der Waals surface area contributed by atoms with Crippen molar-refractivity contribution in [1.82, 2.24) is 9.55 Å². The number of nitrogens with zero attached hydrogens (tertiary/aromatic N) is 2. The molecule has 2 aromatic heterocycles. The minimum Gasteiger partial charge on any atom is -0.422 e. The summed E-state index contributed by atoms with van der Waals surface area (Å²) in [5.41, 5.74) is 4.75. The molecule has 0 radical (unpaired) electrons. The Bertz CT molecular complexity index is 1600. The van der Waals surface area contributed by atoms with Gasteiger partial charge in [-0.15, -0.1) is 0 Å². The van der Waals surface area contributed by atoms with Crippen molar-refractivity contribution in [2.24, 2.45) is 0 Å². The molecule has 164 valence electrons. The molecule has 0 bridgehead atoms. The molecule has 0 saturated heterocycles. The predicted octanol–water partition coefficient (Wildman–Crippen LogP) is 5.46. The Balaban J connectivity index is 1.59. The van der Waals surface area contributed by atoms with Crippen LogP contribution in [0.2, 0.25) is 0 Å². The van der Waals surface area contributed by atoms with Gasteiger partial charge < -0.3 is 4.42 Å². The highest BCUT2D eigenvalue weighted by atomic mass is 32.2. The number of hydrogen-bond acceptors (Lipinski definition) is 5. The van der Waals surface area contributed by atoms with E-state index in [1.54, 1.807) is 4.57 Å². The molecule has 2 heterocycles. The normalized spacial score (nSPS) is 11.3. The van der Waals surface area contributed by atoms with E-state index in [9.17, 15) is 9.59 Å². The Morgan fingerprint density at radius 3 is 2.48 bits per heavy atom. The summed E-state index contributed by atoms with van der Waals surface area (Å²) in [5, 5.41) is 2.12. The maximum atomic E-state index is 13.4. The fraction of sp³-hybridized carbons (Fsp3) is 0.148. The van der Waals surface area contributed by atoms with Crippen molar-refractivity contribution >= 4 is 33.6 Å². The lowest BCUT2D eigenvalue weighted by molar-refractivity contribution is 0.557. The molecule has 0 fully saturated rings. The summed E-state index contributed by atoms with van der Waals surface area (Å²) in [6, 6.07) is 22.8. The summed E-state index contributed by atoms with van der Waals surface area (Å²) in [6.07, 6.45) is 0. The van der Waals surface area contributed by atoms with Gasteiger partial charge in [0.15, 0.2) is 5.16 Å². The number of hydrogen-bond donors (Lipinski definition) is 0. The van der Waals surface area contributed by atoms with E-state index in [1.807, 2.05) is 80.6 Å². The lowest BCUT2D eigenvalue weighted by atomic mass is 10.0. The Kier molecular flexibility index (Phi) is 5.60. The second-order valence-corrected chi connectivity index (χ2v) is 8.99. The highest BCUT2D eigenvalue weighted by Crippen LogP contribution is 2.28. The van der Waals surface area contributed by atoms with Gasteiger partial charge in [0.25, 0.3) is 5.56 Å². The van der Waals surface area contributed by atoms with Crippen molar-refractivity contribution in [3.63, 3.8) is 0 Å². The van der Waals surface area contributed by atoms with Crippen LogP contribution in [0.1, 0.15) is 22.3 Å². The zero-order chi connectivity index (χ0) is 22.9. The molecule has 0 N–H and O–H groups in total. The van der Waals surface area contributed by atoms with E-state index in [2.05, 4.69) is 0 Å². The highest BCUT2D eigenvalue weighted by Gasteiger charge is 2.15. The minimum absolute atomic E-state index is 0.0733. The number of aryl methyl sites for hydroxylation is 2. The Morgan fingerprint density at radius 1 is 0.909 bits per heavy atom. The second-order valence-electron chi connectivity index (χ2n) is 8.05. The van der Waals surface area contributed by atoms with Crippen molar-refractivity contribution in [1.29, 1.82) is 0 Å². The number of thioether (sulfide) groups is 1. The molecule has 6 heteroatoms. The largest absolute Gasteiger partial charge is 0.422 e. The molecule has 5 rings (SSSR count). The van der Waals surface area contributed by atoms with Gasteiger partial charge in [-0.3, -0.25) is 9.36 Å². The first-order valence-electron chi connectivity index (χ1n) is 10.7. The van der Waals surface area contributed by atoms with Crippen LogP contribution in [0.5, 0.6) is 0 Å². The fourth-order valence-corrected chi connectivity index (χ4v) is 4.94. The van der Waals surface area contributed by atoms with E-state index in [0.29, 0.717) is 33.9 Å². The van der Waals surface area contributed by atoms with Crippen molar-refractivity contribution in [3.8, 4) is 0 Å². The third kappa shape index (κ3) is 4.10. The number of fused-ring (bicyclic) bond motifs is 2. The van der Waals surface area contributed by atoms with Gasteiger partial charge in [0.05, 0.1) is 17.4 Å². The maximum Gasteiger partial charge on any atom is 0.336 e. The minimum atomic E-state index is -0.375. The van der Waals surface area contributed by atoms with Crippen LogP contribution >= 0.6 is 11.8 Å². The van der Waals surface area contributed by atoms with Crippen LogP contribution in [-0.2, 0) is 12.3 Å². The predicted molar refractivity (Wildman–Crippen MR) is 133 cm³/mol. The Hall–Kier alpha value is -3.64. The zero-order valence-corrected chi connectivity index (χ0v) is 19.2. The van der Waals surface area contributed by atoms with Crippen LogP contribution in [0.15, 0.2) is 92.0 Å². The molecule has 0 unspecified atom stereocenters. The molecule has 0 aliphatic carbocycles. The third-order valence-corrected chi connectivity index (χ3v) is 6.91. The molecule has 5 nitrogen and oxygen atoms in total. The first-order valence-corrected chi connectivity index (χ1v) is 11.7. The van der Waals surface area contributed by atoms with Crippen LogP contribution in [0.25, 0.3) is 21.9 Å². The second kappa shape index (κ2) is 8.71. The van der Waals surface area contributed by atoms with Crippen molar-refractivity contribution in [2.45, 2.75) is 31.3 Å². The van der Waals surface area contributed by atoms with Gasteiger partial charge in [-0.05, 0) is 48.2 Å². The van der Waals surface area contributed by atoms with Gasteiger partial charge in [0, 0.05) is 17.2 Å². The summed E-state index contributed by atoms with van der Waals surface area (Å²) in [7, 11) is 0. The molecule has 0 saturated carbocycles. The molecule has 0 atom stereocenters. The Morgan fingerprint density at radius 2 is 1.67 bits per heavy atom. The lowest BCUT2D eigenvalue weighted by Gasteiger charge is -2.14. The standard InChI is InChI=1S/C27H22N2O3S/c1-17-12-13-21-20(14-24(30)32-25(21)18(17)2)16-33-27-28-23-11-7-6-10-22(23)26(31)29(27)15-19-8-4-3-5-9-19/h3-14H,15-16H2,1-2H3. The molecule has 0 aliphatic heterocycles. The van der Waals surface area contributed by atoms with E-state index < -0.39 is 0 Å². The van der Waals surface area contributed by atoms with Gasteiger partial charge in [-0.2, -0.15) is 0 Å². The summed E-state index contributed by atoms with van der Waals surface area (Å²) >= 11 is 1.45. The summed E-state index contributed by atoms with van der Waals surface area (Å²) < 4.78 is 7.22. The maximum absolute atomic E-state index is 13.4. The fourth-order valence-electron chi connectivity index (χ4n) is 3.95. The number of aromatic nitrogens is 2. The molecule has 0 aliphatic rings. The highest BCUT2D eigenvalue weighted by molar-refractivity contribution is 7.98. The number of para-hydroxylation sites is 1. The molecule has 3 aromatic carbocycles. The molecular weight excluding hydrogens is 432 g/mol. The average Bonchev–Trinajstić information content (AvgIpc) is 2.83. The average molecular weight is 455 g/mol. The molecule has 5 aromatic rings. The quantitative estimate of drug-likeness (QED) is 0.200. The first kappa shape index (κ1) is 21.2. The summed E-state index contributed by atoms with van der Waals surface area (Å²) in [5.74, 6) is 0.490. The van der Waals surface area contributed by atoms with Crippen LogP contribution in [-0.4, -0.2) is 9.55 Å². The van der Waals surface area contributed by atoms with Crippen LogP contribution in [0, 0.1) is 13.8 Å². The monoisotopic (exact) mass is 454 g/mol.